The number of carbonyl (C=O) groups is 1. The van der Waals surface area contributed by atoms with Crippen LogP contribution >= 0.6 is 22.7 Å². The van der Waals surface area contributed by atoms with E-state index in [4.69, 9.17) is 4.98 Å². The van der Waals surface area contributed by atoms with Crippen LogP contribution in [-0.4, -0.2) is 53.0 Å². The number of thiazole rings is 1. The van der Waals surface area contributed by atoms with E-state index < -0.39 is 10.0 Å². The van der Waals surface area contributed by atoms with E-state index in [-0.39, 0.29) is 11.8 Å². The van der Waals surface area contributed by atoms with E-state index in [1.807, 2.05) is 48.9 Å². The molecule has 1 aromatic carbocycles. The van der Waals surface area contributed by atoms with Crippen LogP contribution in [0, 0.1) is 19.8 Å². The SMILES string of the molecule is Cc1cc(C)n(CCN(C(=O)C2CCN(S(=O)(=O)c3cccs3)CC2)c2nc3ccccc3s2)n1. The number of amides is 1. The normalized spacial score (nSPS) is 15.6. The lowest BCUT2D eigenvalue weighted by atomic mass is 9.96. The number of benzene rings is 1. The number of thiophene rings is 1. The molecule has 35 heavy (non-hydrogen) atoms. The van der Waals surface area contributed by atoms with Gasteiger partial charge < -0.3 is 0 Å². The molecular weight excluding hydrogens is 502 g/mol. The number of aromatic nitrogens is 3. The standard InChI is InChI=1S/C24H27N5O3S3/c1-17-16-18(2)29(26-17)14-13-28(24-25-20-6-3-4-7-21(20)34-24)23(30)19-9-11-27(12-10-19)35(31,32)22-8-5-15-33-22/h3-8,15-16,19H,9-14H2,1-2H3. The van der Waals surface area contributed by atoms with Crippen molar-refractivity contribution >= 4 is 54.0 Å². The molecule has 0 unspecified atom stereocenters. The van der Waals surface area contributed by atoms with Gasteiger partial charge in [-0.15, -0.1) is 11.3 Å². The molecule has 0 spiro atoms. The Balaban J connectivity index is 1.35. The van der Waals surface area contributed by atoms with Crippen LogP contribution in [0.4, 0.5) is 5.13 Å². The van der Waals surface area contributed by atoms with Gasteiger partial charge in [0, 0.05) is 31.2 Å². The van der Waals surface area contributed by atoms with Crippen molar-refractivity contribution in [1.82, 2.24) is 19.1 Å². The Morgan fingerprint density at radius 1 is 1.14 bits per heavy atom. The quantitative estimate of drug-likeness (QED) is 0.356. The summed E-state index contributed by atoms with van der Waals surface area (Å²) in [5.41, 5.74) is 2.86. The molecule has 1 aliphatic heterocycles. The third-order valence-corrected chi connectivity index (χ3v) is 10.6. The van der Waals surface area contributed by atoms with Gasteiger partial charge >= 0.3 is 0 Å². The summed E-state index contributed by atoms with van der Waals surface area (Å²) in [6.45, 7) is 5.65. The lowest BCUT2D eigenvalue weighted by molar-refractivity contribution is -0.123. The van der Waals surface area contributed by atoms with Gasteiger partial charge in [-0.25, -0.2) is 13.4 Å². The van der Waals surface area contributed by atoms with Crippen LogP contribution in [0.3, 0.4) is 0 Å². The van der Waals surface area contributed by atoms with E-state index in [0.29, 0.717) is 48.4 Å². The van der Waals surface area contributed by atoms with Crippen LogP contribution in [-0.2, 0) is 21.4 Å². The predicted octanol–water partition coefficient (Wildman–Crippen LogP) is 4.31. The number of piperidine rings is 1. The second kappa shape index (κ2) is 9.81. The molecule has 0 aliphatic carbocycles. The topological polar surface area (TPSA) is 88.4 Å². The number of carbonyl (C=O) groups excluding carboxylic acids is 1. The summed E-state index contributed by atoms with van der Waals surface area (Å²) in [6, 6.07) is 13.3. The molecule has 3 aromatic heterocycles. The maximum atomic E-state index is 13.8. The van der Waals surface area contributed by atoms with Crippen LogP contribution in [0.2, 0.25) is 0 Å². The van der Waals surface area contributed by atoms with E-state index >= 15 is 0 Å². The largest absolute Gasteiger partial charge is 0.286 e. The van der Waals surface area contributed by atoms with Gasteiger partial charge in [-0.3, -0.25) is 14.4 Å². The highest BCUT2D eigenvalue weighted by Crippen LogP contribution is 2.32. The summed E-state index contributed by atoms with van der Waals surface area (Å²) in [5, 5.41) is 6.98. The highest BCUT2D eigenvalue weighted by Gasteiger charge is 2.35. The molecular formula is C24H27N5O3S3. The average molecular weight is 530 g/mol. The van der Waals surface area contributed by atoms with Gasteiger partial charge in [0.1, 0.15) is 4.21 Å². The monoisotopic (exact) mass is 529 g/mol. The first-order valence-corrected chi connectivity index (χ1v) is 14.7. The molecule has 1 amide bonds. The van der Waals surface area contributed by atoms with Crippen LogP contribution in [0.25, 0.3) is 10.2 Å². The first kappa shape index (κ1) is 24.1. The Morgan fingerprint density at radius 3 is 2.57 bits per heavy atom. The van der Waals surface area contributed by atoms with Crippen LogP contribution in [0.1, 0.15) is 24.2 Å². The van der Waals surface area contributed by atoms with Gasteiger partial charge in [0.2, 0.25) is 5.91 Å². The first-order valence-electron chi connectivity index (χ1n) is 11.5. The van der Waals surface area contributed by atoms with Crippen molar-refractivity contribution in [1.29, 1.82) is 0 Å². The number of aryl methyl sites for hydroxylation is 2. The Morgan fingerprint density at radius 2 is 1.91 bits per heavy atom. The molecule has 0 N–H and O–H groups in total. The summed E-state index contributed by atoms with van der Waals surface area (Å²) in [4.78, 5) is 20.3. The van der Waals surface area contributed by atoms with Crippen molar-refractivity contribution in [2.45, 2.75) is 37.4 Å². The lowest BCUT2D eigenvalue weighted by Crippen LogP contribution is -2.45. The second-order valence-electron chi connectivity index (χ2n) is 8.71. The lowest BCUT2D eigenvalue weighted by Gasteiger charge is -2.32. The molecule has 4 heterocycles. The molecule has 184 valence electrons. The molecule has 0 atom stereocenters. The zero-order valence-electron chi connectivity index (χ0n) is 19.6. The van der Waals surface area contributed by atoms with E-state index in [9.17, 15) is 13.2 Å². The fourth-order valence-corrected chi connectivity index (χ4v) is 8.08. The summed E-state index contributed by atoms with van der Waals surface area (Å²) in [7, 11) is -3.50. The predicted molar refractivity (Wildman–Crippen MR) is 139 cm³/mol. The summed E-state index contributed by atoms with van der Waals surface area (Å²) < 4.78 is 30.6. The maximum Gasteiger partial charge on any atom is 0.252 e. The van der Waals surface area contributed by atoms with E-state index in [1.54, 1.807) is 22.4 Å². The first-order chi connectivity index (χ1) is 16.8. The summed E-state index contributed by atoms with van der Waals surface area (Å²) >= 11 is 2.73. The van der Waals surface area contributed by atoms with E-state index in [2.05, 4.69) is 5.10 Å². The molecule has 1 aliphatic rings. The average Bonchev–Trinajstić information content (AvgIpc) is 3.59. The van der Waals surface area contributed by atoms with Gasteiger partial charge in [0.25, 0.3) is 10.0 Å². The zero-order valence-corrected chi connectivity index (χ0v) is 22.1. The van der Waals surface area contributed by atoms with Gasteiger partial charge in [-0.1, -0.05) is 29.5 Å². The number of fused-ring (bicyclic) bond motifs is 1. The molecule has 0 bridgehead atoms. The summed E-state index contributed by atoms with van der Waals surface area (Å²) in [5.74, 6) is -0.254. The minimum atomic E-state index is -3.50. The Bertz CT molecular complexity index is 1400. The van der Waals surface area contributed by atoms with Crippen molar-refractivity contribution in [3.63, 3.8) is 0 Å². The number of sulfonamides is 1. The van der Waals surface area contributed by atoms with Gasteiger partial charge in [-0.05, 0) is 56.3 Å². The summed E-state index contributed by atoms with van der Waals surface area (Å²) in [6.07, 6.45) is 0.982. The Hall–Kier alpha value is -2.60. The Labute approximate surface area is 212 Å². The molecule has 4 aromatic rings. The minimum Gasteiger partial charge on any atom is -0.286 e. The maximum absolute atomic E-state index is 13.8. The Kier molecular flexibility index (Phi) is 6.75. The zero-order chi connectivity index (χ0) is 24.6. The second-order valence-corrected chi connectivity index (χ2v) is 12.8. The molecule has 5 rings (SSSR count). The van der Waals surface area contributed by atoms with Gasteiger partial charge in [0.05, 0.1) is 22.5 Å². The number of hydrogen-bond donors (Lipinski definition) is 0. The molecule has 0 saturated carbocycles. The highest BCUT2D eigenvalue weighted by molar-refractivity contribution is 7.91. The van der Waals surface area contributed by atoms with E-state index in [0.717, 1.165) is 21.6 Å². The molecule has 8 nitrogen and oxygen atoms in total. The number of para-hydroxylation sites is 1. The molecule has 11 heteroatoms. The van der Waals surface area contributed by atoms with Crippen molar-refractivity contribution in [3.8, 4) is 0 Å². The fraction of sp³-hybridized carbons (Fsp3) is 0.375. The van der Waals surface area contributed by atoms with Gasteiger partial charge in [0.15, 0.2) is 5.13 Å². The van der Waals surface area contributed by atoms with Crippen molar-refractivity contribution in [2.24, 2.45) is 5.92 Å². The van der Waals surface area contributed by atoms with Crippen LogP contribution in [0.15, 0.2) is 52.1 Å². The molecule has 0 radical (unpaired) electrons. The van der Waals surface area contributed by atoms with Crippen molar-refractivity contribution in [2.75, 3.05) is 24.5 Å². The number of hydrogen-bond acceptors (Lipinski definition) is 7. The fourth-order valence-electron chi connectivity index (χ4n) is 4.47. The highest BCUT2D eigenvalue weighted by atomic mass is 32.2. The molecule has 1 saturated heterocycles. The smallest absolute Gasteiger partial charge is 0.252 e. The number of nitrogens with zero attached hydrogens (tertiary/aromatic N) is 5. The van der Waals surface area contributed by atoms with Crippen LogP contribution in [0.5, 0.6) is 0 Å². The molecule has 1 fully saturated rings. The van der Waals surface area contributed by atoms with Crippen LogP contribution < -0.4 is 4.90 Å². The third kappa shape index (κ3) is 4.90. The van der Waals surface area contributed by atoms with Crippen molar-refractivity contribution in [3.05, 3.63) is 59.2 Å². The minimum absolute atomic E-state index is 0.00115. The number of rotatable bonds is 7. The third-order valence-electron chi connectivity index (χ3n) is 6.31. The van der Waals surface area contributed by atoms with Crippen molar-refractivity contribution < 1.29 is 13.2 Å². The van der Waals surface area contributed by atoms with E-state index in [1.165, 1.54) is 27.0 Å². The van der Waals surface area contributed by atoms with Gasteiger partial charge in [-0.2, -0.15) is 9.40 Å². The number of anilines is 1.